The lowest BCUT2D eigenvalue weighted by molar-refractivity contribution is -0.199. The molecule has 1 atom stereocenters. The van der Waals surface area contributed by atoms with Crippen molar-refractivity contribution in [3.63, 3.8) is 0 Å². The van der Waals surface area contributed by atoms with E-state index in [4.69, 9.17) is 0 Å². The number of alkyl halides is 2. The minimum atomic E-state index is -3.85. The Kier molecular flexibility index (Phi) is 4.00. The zero-order valence-corrected chi connectivity index (χ0v) is 8.80. The lowest BCUT2D eigenvalue weighted by Gasteiger charge is -2.30. The fraction of sp³-hybridized carbons (Fsp3) is 0.889. The fourth-order valence-corrected chi connectivity index (χ4v) is 0.883. The molecular formula is C9H16F2O3. The van der Waals surface area contributed by atoms with Crippen LogP contribution in [0.3, 0.4) is 0 Å². The second-order valence-electron chi connectivity index (χ2n) is 4.11. The second kappa shape index (κ2) is 4.21. The molecule has 0 aliphatic carbocycles. The lowest BCUT2D eigenvalue weighted by atomic mass is 9.85. The molecule has 14 heavy (non-hydrogen) atoms. The monoisotopic (exact) mass is 210 g/mol. The van der Waals surface area contributed by atoms with Crippen molar-refractivity contribution in [2.75, 3.05) is 6.61 Å². The lowest BCUT2D eigenvalue weighted by Crippen LogP contribution is -2.49. The molecule has 0 radical (unpaired) electrons. The molecule has 0 aromatic heterocycles. The Labute approximate surface area is 82.1 Å². The van der Waals surface area contributed by atoms with Crippen molar-refractivity contribution in [1.82, 2.24) is 0 Å². The number of esters is 1. The van der Waals surface area contributed by atoms with E-state index in [9.17, 15) is 18.7 Å². The third kappa shape index (κ3) is 2.90. The van der Waals surface area contributed by atoms with Crippen molar-refractivity contribution < 1.29 is 23.4 Å². The Bertz CT molecular complexity index is 209. The van der Waals surface area contributed by atoms with Crippen LogP contribution in [0.2, 0.25) is 0 Å². The van der Waals surface area contributed by atoms with Crippen LogP contribution in [0.5, 0.6) is 0 Å². The molecule has 1 N–H and O–H groups in total. The van der Waals surface area contributed by atoms with E-state index in [1.807, 2.05) is 0 Å². The predicted molar refractivity (Wildman–Crippen MR) is 47.0 cm³/mol. The van der Waals surface area contributed by atoms with Gasteiger partial charge in [-0.15, -0.1) is 0 Å². The van der Waals surface area contributed by atoms with Crippen LogP contribution < -0.4 is 0 Å². The van der Waals surface area contributed by atoms with Crippen LogP contribution in [0.25, 0.3) is 0 Å². The summed E-state index contributed by atoms with van der Waals surface area (Å²) < 4.78 is 30.5. The van der Waals surface area contributed by atoms with Gasteiger partial charge in [-0.1, -0.05) is 20.8 Å². The van der Waals surface area contributed by atoms with E-state index in [0.29, 0.717) is 0 Å². The minimum absolute atomic E-state index is 0.134. The van der Waals surface area contributed by atoms with E-state index < -0.39 is 23.4 Å². The Morgan fingerprint density at radius 2 is 1.86 bits per heavy atom. The molecule has 5 heteroatoms. The number of rotatable bonds is 3. The Morgan fingerprint density at radius 1 is 1.43 bits per heavy atom. The highest BCUT2D eigenvalue weighted by molar-refractivity contribution is 5.78. The molecule has 0 fully saturated rings. The van der Waals surface area contributed by atoms with Crippen LogP contribution in [0, 0.1) is 5.41 Å². The summed E-state index contributed by atoms with van der Waals surface area (Å²) in [5, 5.41) is 9.26. The van der Waals surface area contributed by atoms with Crippen LogP contribution in [-0.4, -0.2) is 29.7 Å². The molecule has 84 valence electrons. The highest BCUT2D eigenvalue weighted by Gasteiger charge is 2.52. The van der Waals surface area contributed by atoms with Gasteiger partial charge in [0, 0.05) is 0 Å². The van der Waals surface area contributed by atoms with Crippen molar-refractivity contribution in [3.05, 3.63) is 0 Å². The maximum atomic E-state index is 13.2. The van der Waals surface area contributed by atoms with Gasteiger partial charge in [0.05, 0.1) is 6.61 Å². The first-order valence-corrected chi connectivity index (χ1v) is 4.37. The maximum Gasteiger partial charge on any atom is 0.379 e. The maximum absolute atomic E-state index is 13.2. The molecule has 0 aliphatic heterocycles. The third-order valence-corrected chi connectivity index (χ3v) is 1.71. The number of hydrogen-bond donors (Lipinski definition) is 1. The summed E-state index contributed by atoms with van der Waals surface area (Å²) >= 11 is 0. The summed E-state index contributed by atoms with van der Waals surface area (Å²) in [6, 6.07) is 0. The van der Waals surface area contributed by atoms with Crippen LogP contribution >= 0.6 is 0 Å². The van der Waals surface area contributed by atoms with Crippen LogP contribution in [0.4, 0.5) is 8.78 Å². The van der Waals surface area contributed by atoms with Crippen LogP contribution in [-0.2, 0) is 9.53 Å². The SMILES string of the molecule is CCOC(=O)C(F)(F)C(O)C(C)(C)C. The van der Waals surface area contributed by atoms with E-state index in [-0.39, 0.29) is 6.61 Å². The molecule has 0 saturated carbocycles. The van der Waals surface area contributed by atoms with Crippen molar-refractivity contribution in [2.24, 2.45) is 5.41 Å². The molecule has 0 aliphatic rings. The first-order valence-electron chi connectivity index (χ1n) is 4.37. The second-order valence-corrected chi connectivity index (χ2v) is 4.11. The largest absolute Gasteiger partial charge is 0.461 e. The highest BCUT2D eigenvalue weighted by Crippen LogP contribution is 2.32. The van der Waals surface area contributed by atoms with Gasteiger partial charge in [0.1, 0.15) is 6.10 Å². The number of carbonyl (C=O) groups is 1. The topological polar surface area (TPSA) is 46.5 Å². The summed E-state index contributed by atoms with van der Waals surface area (Å²) in [5.74, 6) is -5.53. The van der Waals surface area contributed by atoms with Gasteiger partial charge >= 0.3 is 11.9 Å². The predicted octanol–water partition coefficient (Wildman–Crippen LogP) is 1.59. The summed E-state index contributed by atoms with van der Waals surface area (Å²) in [4.78, 5) is 10.8. The molecule has 0 rings (SSSR count). The van der Waals surface area contributed by atoms with Crippen molar-refractivity contribution in [3.8, 4) is 0 Å². The summed E-state index contributed by atoms with van der Waals surface area (Å²) in [5.41, 5.74) is -1.07. The average molecular weight is 210 g/mol. The zero-order valence-electron chi connectivity index (χ0n) is 8.80. The van der Waals surface area contributed by atoms with Gasteiger partial charge in [0.25, 0.3) is 0 Å². The molecule has 0 aromatic rings. The van der Waals surface area contributed by atoms with Crippen LogP contribution in [0.15, 0.2) is 0 Å². The summed E-state index contributed by atoms with van der Waals surface area (Å²) in [7, 11) is 0. The highest BCUT2D eigenvalue weighted by atomic mass is 19.3. The van der Waals surface area contributed by atoms with Gasteiger partial charge in [-0.05, 0) is 12.3 Å². The van der Waals surface area contributed by atoms with Crippen molar-refractivity contribution >= 4 is 5.97 Å². The quantitative estimate of drug-likeness (QED) is 0.719. The molecule has 0 amide bonds. The van der Waals surface area contributed by atoms with Gasteiger partial charge in [0.2, 0.25) is 0 Å². The van der Waals surface area contributed by atoms with Gasteiger partial charge in [-0.2, -0.15) is 8.78 Å². The molecular weight excluding hydrogens is 194 g/mol. The Hall–Kier alpha value is -0.710. The molecule has 0 bridgehead atoms. The number of hydrogen-bond acceptors (Lipinski definition) is 3. The van der Waals surface area contributed by atoms with Gasteiger partial charge < -0.3 is 9.84 Å². The number of carbonyl (C=O) groups excluding carboxylic acids is 1. The van der Waals surface area contributed by atoms with Gasteiger partial charge in [-0.25, -0.2) is 4.79 Å². The van der Waals surface area contributed by atoms with Crippen molar-refractivity contribution in [1.29, 1.82) is 0 Å². The molecule has 0 saturated heterocycles. The molecule has 0 heterocycles. The van der Waals surface area contributed by atoms with E-state index in [0.717, 1.165) is 0 Å². The molecule has 0 aromatic carbocycles. The first-order chi connectivity index (χ1) is 6.14. The smallest absolute Gasteiger partial charge is 0.379 e. The first kappa shape index (κ1) is 13.3. The number of halogens is 2. The summed E-state index contributed by atoms with van der Waals surface area (Å²) in [6.07, 6.45) is -2.05. The third-order valence-electron chi connectivity index (χ3n) is 1.71. The van der Waals surface area contributed by atoms with Crippen LogP contribution in [0.1, 0.15) is 27.7 Å². The van der Waals surface area contributed by atoms with E-state index in [2.05, 4.69) is 4.74 Å². The van der Waals surface area contributed by atoms with E-state index in [1.54, 1.807) is 0 Å². The van der Waals surface area contributed by atoms with E-state index >= 15 is 0 Å². The number of aliphatic hydroxyl groups is 1. The molecule has 3 nitrogen and oxygen atoms in total. The fourth-order valence-electron chi connectivity index (χ4n) is 0.883. The molecule has 0 spiro atoms. The Morgan fingerprint density at radius 3 is 2.14 bits per heavy atom. The minimum Gasteiger partial charge on any atom is -0.461 e. The standard InChI is InChI=1S/C9H16F2O3/c1-5-14-7(13)9(10,11)6(12)8(2,3)4/h6,12H,5H2,1-4H3. The Balaban J connectivity index is 4.69. The normalized spacial score (nSPS) is 15.1. The van der Waals surface area contributed by atoms with Gasteiger partial charge in [0.15, 0.2) is 0 Å². The number of aliphatic hydroxyl groups excluding tert-OH is 1. The summed E-state index contributed by atoms with van der Waals surface area (Å²) in [6.45, 7) is 5.56. The zero-order chi connectivity index (χ0) is 11.6. The average Bonchev–Trinajstić information content (AvgIpc) is 2.01. The van der Waals surface area contributed by atoms with Crippen molar-refractivity contribution in [2.45, 2.75) is 39.7 Å². The van der Waals surface area contributed by atoms with Gasteiger partial charge in [-0.3, -0.25) is 0 Å². The molecule has 1 unspecified atom stereocenters. The van der Waals surface area contributed by atoms with E-state index in [1.165, 1.54) is 27.7 Å². The number of ether oxygens (including phenoxy) is 1.